The van der Waals surface area contributed by atoms with E-state index >= 15 is 0 Å². The van der Waals surface area contributed by atoms with E-state index < -0.39 is 0 Å². The van der Waals surface area contributed by atoms with Crippen LogP contribution >= 0.6 is 47.2 Å². The molecule has 5 nitrogen and oxygen atoms in total. The average molecular weight is 335 g/mol. The van der Waals surface area contributed by atoms with Crippen molar-refractivity contribution >= 4 is 58.0 Å². The quantitative estimate of drug-likeness (QED) is 0.615. The zero-order valence-electron chi connectivity index (χ0n) is 9.58. The van der Waals surface area contributed by atoms with Crippen LogP contribution < -0.4 is 0 Å². The number of halogens is 2. The van der Waals surface area contributed by atoms with Crippen LogP contribution in [0.25, 0.3) is 0 Å². The topological polar surface area (TPSA) is 70.7 Å². The summed E-state index contributed by atoms with van der Waals surface area (Å²) < 4.78 is 0. The molecule has 100 valence electrons. The lowest BCUT2D eigenvalue weighted by atomic mass is 10.3. The molecule has 0 saturated carbocycles. The van der Waals surface area contributed by atoms with E-state index in [9.17, 15) is 5.11 Å². The Morgan fingerprint density at radius 3 is 2.63 bits per heavy atom. The molecule has 0 fully saturated rings. The van der Waals surface area contributed by atoms with E-state index in [1.807, 2.05) is 6.92 Å². The summed E-state index contributed by atoms with van der Waals surface area (Å²) in [7, 11) is 0. The van der Waals surface area contributed by atoms with Crippen LogP contribution in [0.3, 0.4) is 0 Å². The number of azo groups is 1. The maximum atomic E-state index is 9.36. The zero-order chi connectivity index (χ0) is 14.0. The summed E-state index contributed by atoms with van der Waals surface area (Å²) >= 11 is 17.2. The van der Waals surface area contributed by atoms with Crippen molar-refractivity contribution in [1.29, 1.82) is 0 Å². The molecule has 0 spiro atoms. The molecule has 1 aromatic heterocycles. The second kappa shape index (κ2) is 6.04. The third kappa shape index (κ3) is 3.56. The lowest BCUT2D eigenvalue weighted by Crippen LogP contribution is -1.80. The molecular formula is C10H8Cl2N4OS2. The number of nitrogens with zero attached hydrogens (tertiary/aromatic N) is 4. The summed E-state index contributed by atoms with van der Waals surface area (Å²) in [6.45, 7) is 1.89. The van der Waals surface area contributed by atoms with Gasteiger partial charge < -0.3 is 5.11 Å². The van der Waals surface area contributed by atoms with Gasteiger partial charge in [-0.25, -0.2) is 0 Å². The van der Waals surface area contributed by atoms with Gasteiger partial charge in [0, 0.05) is 6.07 Å². The molecule has 19 heavy (non-hydrogen) atoms. The van der Waals surface area contributed by atoms with Crippen LogP contribution in [-0.4, -0.2) is 15.3 Å². The summed E-state index contributed by atoms with van der Waals surface area (Å²) in [5.74, 6) is -0.104. The fourth-order valence-electron chi connectivity index (χ4n) is 1.13. The summed E-state index contributed by atoms with van der Waals surface area (Å²) in [5, 5.41) is 26.5. The smallest absolute Gasteiger partial charge is 0.251 e. The van der Waals surface area contributed by atoms with Gasteiger partial charge in [0.15, 0.2) is 0 Å². The minimum absolute atomic E-state index is 0.00634. The number of phenols is 1. The maximum Gasteiger partial charge on any atom is 0.251 e. The minimum atomic E-state index is -0.104. The van der Waals surface area contributed by atoms with E-state index in [0.29, 0.717) is 10.8 Å². The van der Waals surface area contributed by atoms with Gasteiger partial charge in [0.05, 0.1) is 15.3 Å². The van der Waals surface area contributed by atoms with Crippen molar-refractivity contribution in [2.75, 3.05) is 0 Å². The fourth-order valence-corrected chi connectivity index (χ4v) is 2.30. The van der Waals surface area contributed by atoms with Crippen LogP contribution in [0.5, 0.6) is 5.75 Å². The molecule has 1 atom stereocenters. The van der Waals surface area contributed by atoms with E-state index in [0.717, 1.165) is 5.01 Å². The first-order valence-electron chi connectivity index (χ1n) is 5.08. The lowest BCUT2D eigenvalue weighted by Gasteiger charge is -1.99. The third-order valence-electron chi connectivity index (χ3n) is 2.05. The predicted octanol–water partition coefficient (Wildman–Crippen LogP) is 4.96. The molecule has 1 unspecified atom stereocenters. The van der Waals surface area contributed by atoms with Crippen LogP contribution in [0, 0.1) is 0 Å². The van der Waals surface area contributed by atoms with Crippen LogP contribution in [0.15, 0.2) is 22.4 Å². The summed E-state index contributed by atoms with van der Waals surface area (Å²) in [6, 6.07) is 2.73. The van der Waals surface area contributed by atoms with Crippen molar-refractivity contribution in [1.82, 2.24) is 10.2 Å². The Morgan fingerprint density at radius 2 is 2.00 bits per heavy atom. The second-order valence-electron chi connectivity index (χ2n) is 3.55. The standard InChI is InChI=1S/C10H8Cl2N4OS2/c1-4(18)9-14-16-10(19-9)15-13-7-2-6(12)8(17)3-5(7)11/h2-4,17-18H,1H3/b15-13+. The first kappa shape index (κ1) is 14.5. The molecular weight excluding hydrogens is 327 g/mol. The third-order valence-corrected chi connectivity index (χ3v) is 4.06. The molecule has 0 aliphatic rings. The number of aromatic nitrogens is 2. The fraction of sp³-hybridized carbons (Fsp3) is 0.200. The Kier molecular flexibility index (Phi) is 4.62. The Bertz CT molecular complexity index is 630. The number of hydrogen-bond donors (Lipinski definition) is 2. The summed E-state index contributed by atoms with van der Waals surface area (Å²) in [5.41, 5.74) is 0.347. The van der Waals surface area contributed by atoms with Gasteiger partial charge in [0.25, 0.3) is 5.13 Å². The number of hydrogen-bond acceptors (Lipinski definition) is 7. The zero-order valence-corrected chi connectivity index (χ0v) is 12.8. The highest BCUT2D eigenvalue weighted by atomic mass is 35.5. The van der Waals surface area contributed by atoms with Crippen LogP contribution in [0.1, 0.15) is 17.2 Å². The molecule has 1 N–H and O–H groups in total. The van der Waals surface area contributed by atoms with Gasteiger partial charge in [-0.2, -0.15) is 12.6 Å². The van der Waals surface area contributed by atoms with E-state index in [2.05, 4.69) is 33.1 Å². The maximum absolute atomic E-state index is 9.36. The van der Waals surface area contributed by atoms with Crippen LogP contribution in [0.2, 0.25) is 10.0 Å². The predicted molar refractivity (Wildman–Crippen MR) is 79.6 cm³/mol. The van der Waals surface area contributed by atoms with Gasteiger partial charge >= 0.3 is 0 Å². The van der Waals surface area contributed by atoms with Crippen molar-refractivity contribution in [2.45, 2.75) is 12.2 Å². The van der Waals surface area contributed by atoms with Gasteiger partial charge in [-0.05, 0) is 13.0 Å². The molecule has 2 rings (SSSR count). The van der Waals surface area contributed by atoms with Gasteiger partial charge in [-0.3, -0.25) is 0 Å². The van der Waals surface area contributed by atoms with Crippen LogP contribution in [-0.2, 0) is 0 Å². The van der Waals surface area contributed by atoms with Crippen molar-refractivity contribution in [3.8, 4) is 5.75 Å². The van der Waals surface area contributed by atoms with Crippen molar-refractivity contribution in [3.63, 3.8) is 0 Å². The number of phenolic OH excluding ortho intramolecular Hbond substituents is 1. The van der Waals surface area contributed by atoms with Gasteiger partial charge in [-0.15, -0.1) is 20.4 Å². The Morgan fingerprint density at radius 1 is 1.26 bits per heavy atom. The first-order valence-corrected chi connectivity index (χ1v) is 7.17. The van der Waals surface area contributed by atoms with E-state index in [1.54, 1.807) is 0 Å². The van der Waals surface area contributed by atoms with Gasteiger partial charge in [0.2, 0.25) is 0 Å². The number of thiol groups is 1. The largest absolute Gasteiger partial charge is 0.506 e. The van der Waals surface area contributed by atoms with Crippen molar-refractivity contribution in [3.05, 3.63) is 27.2 Å². The molecule has 1 heterocycles. The van der Waals surface area contributed by atoms with Gasteiger partial charge in [-0.1, -0.05) is 34.5 Å². The molecule has 0 aliphatic heterocycles. The number of aromatic hydroxyl groups is 1. The summed E-state index contributed by atoms with van der Waals surface area (Å²) in [4.78, 5) is 0. The van der Waals surface area contributed by atoms with E-state index in [4.69, 9.17) is 23.2 Å². The summed E-state index contributed by atoms with van der Waals surface area (Å²) in [6.07, 6.45) is 0. The molecule has 0 aliphatic carbocycles. The Labute approximate surface area is 128 Å². The highest BCUT2D eigenvalue weighted by Gasteiger charge is 2.09. The monoisotopic (exact) mass is 334 g/mol. The van der Waals surface area contributed by atoms with Crippen molar-refractivity contribution in [2.24, 2.45) is 10.2 Å². The first-order chi connectivity index (χ1) is 8.97. The Hall–Kier alpha value is -0.890. The van der Waals surface area contributed by atoms with Crippen LogP contribution in [0.4, 0.5) is 10.8 Å². The highest BCUT2D eigenvalue weighted by Crippen LogP contribution is 2.36. The van der Waals surface area contributed by atoms with Crippen molar-refractivity contribution < 1.29 is 5.11 Å². The lowest BCUT2D eigenvalue weighted by molar-refractivity contribution is 0.475. The number of rotatable bonds is 3. The van der Waals surface area contributed by atoms with Gasteiger partial charge in [0.1, 0.15) is 16.4 Å². The molecule has 1 aromatic carbocycles. The average Bonchev–Trinajstić information content (AvgIpc) is 2.81. The number of benzene rings is 1. The molecule has 0 amide bonds. The van der Waals surface area contributed by atoms with E-state index in [1.165, 1.54) is 23.5 Å². The Balaban J connectivity index is 2.24. The minimum Gasteiger partial charge on any atom is -0.506 e. The molecule has 0 radical (unpaired) electrons. The highest BCUT2D eigenvalue weighted by molar-refractivity contribution is 7.80. The molecule has 2 aromatic rings. The van der Waals surface area contributed by atoms with E-state index in [-0.39, 0.29) is 21.0 Å². The normalized spacial score (nSPS) is 13.1. The molecule has 0 bridgehead atoms. The molecule has 0 saturated heterocycles. The second-order valence-corrected chi connectivity index (χ2v) is 6.13. The molecule has 9 heteroatoms. The SMILES string of the molecule is CC(S)c1nnc(/N=N/c2cc(Cl)c(O)cc2Cl)s1.